The van der Waals surface area contributed by atoms with Gasteiger partial charge < -0.3 is 0 Å². The zero-order valence-electron chi connectivity index (χ0n) is 16.6. The van der Waals surface area contributed by atoms with Gasteiger partial charge in [0.25, 0.3) is 0 Å². The van der Waals surface area contributed by atoms with Crippen LogP contribution in [0.25, 0.3) is 0 Å². The molecule has 0 radical (unpaired) electrons. The molecule has 0 bridgehead atoms. The van der Waals surface area contributed by atoms with Crippen molar-refractivity contribution in [1.29, 1.82) is 0 Å². The zero-order chi connectivity index (χ0) is 21.4. The van der Waals surface area contributed by atoms with Gasteiger partial charge in [0.15, 0.2) is 0 Å². The van der Waals surface area contributed by atoms with Crippen molar-refractivity contribution in [2.24, 2.45) is 0 Å². The summed E-state index contributed by atoms with van der Waals surface area (Å²) in [5.74, 6) is 1.60. The molecule has 0 unspecified atom stereocenters. The standard InChI is InChI=1S/C26H20BrO2PS/c1-2-26(28-29-26)25-19-18-24(31-25)20-30(27,21-12-6-3-7-13-21,22-14-8-4-9-15-22)23-16-10-5-11-17-23/h1,3-19H,20H2. The van der Waals surface area contributed by atoms with Crippen LogP contribution in [0.2, 0.25) is 0 Å². The predicted octanol–water partition coefficient (Wildman–Crippen LogP) is 5.84. The molecule has 3 aromatic carbocycles. The van der Waals surface area contributed by atoms with Gasteiger partial charge in [-0.2, -0.15) is 0 Å². The molecule has 2 heterocycles. The van der Waals surface area contributed by atoms with Crippen LogP contribution in [0.3, 0.4) is 0 Å². The molecule has 5 rings (SSSR count). The molecule has 0 saturated carbocycles. The molecule has 1 fully saturated rings. The van der Waals surface area contributed by atoms with Gasteiger partial charge in [-0.25, -0.2) is 0 Å². The number of terminal acetylenes is 1. The Labute approximate surface area is 194 Å². The van der Waals surface area contributed by atoms with Crippen molar-refractivity contribution in [3.63, 3.8) is 0 Å². The Morgan fingerprint density at radius 2 is 1.19 bits per heavy atom. The Morgan fingerprint density at radius 1 is 0.742 bits per heavy atom. The van der Waals surface area contributed by atoms with E-state index in [1.54, 1.807) is 11.3 Å². The molecular weight excluding hydrogens is 487 g/mol. The number of thiophene rings is 1. The van der Waals surface area contributed by atoms with Crippen LogP contribution in [0.1, 0.15) is 9.75 Å². The van der Waals surface area contributed by atoms with E-state index in [-0.39, 0.29) is 0 Å². The van der Waals surface area contributed by atoms with E-state index in [0.717, 1.165) is 11.0 Å². The average molecular weight is 507 g/mol. The zero-order valence-corrected chi connectivity index (χ0v) is 19.9. The first kappa shape index (κ1) is 20.6. The van der Waals surface area contributed by atoms with E-state index >= 15 is 0 Å². The van der Waals surface area contributed by atoms with Crippen LogP contribution in [0, 0.1) is 12.3 Å². The normalized spacial score (nSPS) is 16.1. The molecule has 154 valence electrons. The van der Waals surface area contributed by atoms with Crippen LogP contribution in [-0.2, 0) is 21.7 Å². The van der Waals surface area contributed by atoms with Gasteiger partial charge >= 0.3 is 195 Å². The van der Waals surface area contributed by atoms with Crippen molar-refractivity contribution in [3.8, 4) is 12.3 Å². The molecule has 1 aliphatic rings. The van der Waals surface area contributed by atoms with E-state index in [1.807, 2.05) is 6.07 Å². The summed E-state index contributed by atoms with van der Waals surface area (Å²) in [7, 11) is 0. The van der Waals surface area contributed by atoms with Gasteiger partial charge in [-0.05, 0) is 0 Å². The summed E-state index contributed by atoms with van der Waals surface area (Å²) in [6.45, 7) is 0. The van der Waals surface area contributed by atoms with Crippen LogP contribution in [0.4, 0.5) is 0 Å². The molecule has 5 heteroatoms. The maximum atomic E-state index is 5.64. The number of hydrogen-bond donors (Lipinski definition) is 0. The second-order valence-corrected chi connectivity index (χ2v) is 17.6. The molecule has 2 nitrogen and oxygen atoms in total. The first-order valence-corrected chi connectivity index (χ1v) is 15.2. The van der Waals surface area contributed by atoms with E-state index in [2.05, 4.69) is 118 Å². The number of rotatable bonds is 6. The fourth-order valence-corrected chi connectivity index (χ4v) is 13.9. The Balaban J connectivity index is 1.76. The summed E-state index contributed by atoms with van der Waals surface area (Å²) in [5.41, 5.74) is 0. The topological polar surface area (TPSA) is 25.1 Å². The van der Waals surface area contributed by atoms with Crippen LogP contribution in [-0.4, -0.2) is 0 Å². The van der Waals surface area contributed by atoms with E-state index in [1.165, 1.54) is 20.8 Å². The third kappa shape index (κ3) is 3.29. The van der Waals surface area contributed by atoms with Gasteiger partial charge in [-0.3, -0.25) is 0 Å². The third-order valence-electron chi connectivity index (χ3n) is 5.76. The molecule has 1 aromatic heterocycles. The maximum absolute atomic E-state index is 5.64. The summed E-state index contributed by atoms with van der Waals surface area (Å²) >= 11 is 6.13. The molecule has 31 heavy (non-hydrogen) atoms. The summed E-state index contributed by atoms with van der Waals surface area (Å²) in [5, 5.41) is 0.823. The molecule has 1 aliphatic heterocycles. The Bertz CT molecular complexity index is 1150. The van der Waals surface area contributed by atoms with E-state index in [4.69, 9.17) is 16.2 Å². The van der Waals surface area contributed by atoms with Gasteiger partial charge in [0.1, 0.15) is 0 Å². The minimum absolute atomic E-state index is 0.814. The van der Waals surface area contributed by atoms with Gasteiger partial charge in [-0.1, -0.05) is 0 Å². The fraction of sp³-hybridized carbons (Fsp3) is 0.0769. The van der Waals surface area contributed by atoms with Crippen LogP contribution >= 0.6 is 32.1 Å². The SMILES string of the molecule is C#CC1(c2ccc(CP(Br)(c3ccccc3)(c3ccccc3)c3ccccc3)s2)OO1. The Morgan fingerprint density at radius 3 is 1.58 bits per heavy atom. The van der Waals surface area contributed by atoms with Gasteiger partial charge in [0.05, 0.1) is 0 Å². The average Bonchev–Trinajstić information content (AvgIpc) is 3.52. The number of halogens is 1. The Hall–Kier alpha value is -2.25. The van der Waals surface area contributed by atoms with E-state index < -0.39 is 11.1 Å². The molecule has 0 aliphatic carbocycles. The van der Waals surface area contributed by atoms with Crippen LogP contribution < -0.4 is 15.9 Å². The van der Waals surface area contributed by atoms with Crippen molar-refractivity contribution < 1.29 is 9.78 Å². The molecular formula is C26H20BrO2PS. The van der Waals surface area contributed by atoms with Gasteiger partial charge in [-0.15, -0.1) is 0 Å². The van der Waals surface area contributed by atoms with E-state index in [0.29, 0.717) is 0 Å². The third-order valence-corrected chi connectivity index (χ3v) is 16.6. The van der Waals surface area contributed by atoms with Crippen LogP contribution in [0.15, 0.2) is 103 Å². The fourth-order valence-electron chi connectivity index (χ4n) is 4.11. The number of benzene rings is 3. The first-order valence-electron chi connectivity index (χ1n) is 9.92. The first-order chi connectivity index (χ1) is 15.1. The summed E-state index contributed by atoms with van der Waals surface area (Å²) in [6, 6.07) is 36.4. The molecule has 4 aromatic rings. The molecule has 1 saturated heterocycles. The Kier molecular flexibility index (Phi) is 5.13. The predicted molar refractivity (Wildman–Crippen MR) is 135 cm³/mol. The number of hydrogen-bond acceptors (Lipinski definition) is 3. The van der Waals surface area contributed by atoms with Crippen molar-refractivity contribution in [3.05, 3.63) is 113 Å². The quantitative estimate of drug-likeness (QED) is 0.142. The van der Waals surface area contributed by atoms with Gasteiger partial charge in [0.2, 0.25) is 0 Å². The van der Waals surface area contributed by atoms with Crippen molar-refractivity contribution >= 4 is 48.0 Å². The van der Waals surface area contributed by atoms with Gasteiger partial charge in [0, 0.05) is 0 Å². The molecule has 0 atom stereocenters. The van der Waals surface area contributed by atoms with Crippen molar-refractivity contribution in [1.82, 2.24) is 0 Å². The van der Waals surface area contributed by atoms with Crippen molar-refractivity contribution in [2.75, 3.05) is 0 Å². The van der Waals surface area contributed by atoms with Crippen LogP contribution in [0.5, 0.6) is 0 Å². The second kappa shape index (κ2) is 7.71. The monoisotopic (exact) mass is 506 g/mol. The summed E-state index contributed by atoms with van der Waals surface area (Å²) in [4.78, 5) is 12.4. The summed E-state index contributed by atoms with van der Waals surface area (Å²) < 4.78 is 0. The summed E-state index contributed by atoms with van der Waals surface area (Å²) in [6.07, 6.45) is 6.46. The van der Waals surface area contributed by atoms with E-state index in [9.17, 15) is 0 Å². The van der Waals surface area contributed by atoms with Crippen molar-refractivity contribution in [2.45, 2.75) is 11.9 Å². The minimum atomic E-state index is -3.03. The molecule has 0 spiro atoms. The molecule has 0 amide bonds. The molecule has 0 N–H and O–H groups in total. The second-order valence-electron chi connectivity index (χ2n) is 7.54.